The van der Waals surface area contributed by atoms with Crippen molar-refractivity contribution in [2.45, 2.75) is 86.2 Å². The normalized spacial score (nSPS) is 51.7. The number of pyridine rings is 1. The molecule has 0 amide bonds. The van der Waals surface area contributed by atoms with Gasteiger partial charge in [-0.25, -0.2) is 0 Å². The van der Waals surface area contributed by atoms with Crippen LogP contribution in [0.1, 0.15) is 57.4 Å². The molecule has 2 N–H and O–H groups in total. The summed E-state index contributed by atoms with van der Waals surface area (Å²) in [5, 5.41) is 22.1. The molecule has 6 rings (SSSR count). The molecule has 5 nitrogen and oxygen atoms in total. The zero-order valence-electron chi connectivity index (χ0n) is 19.3. The highest BCUT2D eigenvalue weighted by Crippen LogP contribution is 2.73. The van der Waals surface area contributed by atoms with Crippen molar-refractivity contribution in [1.82, 2.24) is 9.88 Å². The summed E-state index contributed by atoms with van der Waals surface area (Å²) in [6.45, 7) is 2.40. The molecule has 9 unspecified atom stereocenters. The third-order valence-corrected chi connectivity index (χ3v) is 10.8. The minimum absolute atomic E-state index is 0.00748. The molecule has 2 bridgehead atoms. The highest BCUT2D eigenvalue weighted by molar-refractivity contribution is 6.25. The summed E-state index contributed by atoms with van der Waals surface area (Å²) in [4.78, 5) is 5.92. The molecule has 2 aliphatic heterocycles. The van der Waals surface area contributed by atoms with Gasteiger partial charge in [0.2, 0.25) is 0 Å². The van der Waals surface area contributed by atoms with Gasteiger partial charge in [-0.05, 0) is 81.7 Å². The monoisotopic (exact) mass is 458 g/mol. The van der Waals surface area contributed by atoms with Crippen LogP contribution < -0.4 is 0 Å². The maximum atomic E-state index is 11.2. The third kappa shape index (κ3) is 2.52. The number of aliphatic hydroxyl groups excluding tert-OH is 2. The average Bonchev–Trinajstić information content (AvgIpc) is 3.30. The lowest BCUT2D eigenvalue weighted by Crippen LogP contribution is -2.72. The number of nitrogens with zero attached hydrogens (tertiary/aromatic N) is 2. The highest BCUT2D eigenvalue weighted by atomic mass is 35.5. The van der Waals surface area contributed by atoms with Gasteiger partial charge in [0.25, 0.3) is 0 Å². The van der Waals surface area contributed by atoms with Gasteiger partial charge in [0.1, 0.15) is 0 Å². The van der Waals surface area contributed by atoms with Crippen molar-refractivity contribution in [2.75, 3.05) is 14.1 Å². The van der Waals surface area contributed by atoms with E-state index in [0.29, 0.717) is 5.92 Å². The van der Waals surface area contributed by atoms with Crippen LogP contribution >= 0.6 is 11.6 Å². The Labute approximate surface area is 195 Å². The Morgan fingerprint density at radius 1 is 1.12 bits per heavy atom. The first kappa shape index (κ1) is 21.5. The van der Waals surface area contributed by atoms with Gasteiger partial charge in [0, 0.05) is 30.3 Å². The van der Waals surface area contributed by atoms with E-state index in [-0.39, 0.29) is 17.4 Å². The molecule has 1 aromatic rings. The fourth-order valence-electron chi connectivity index (χ4n) is 8.53. The lowest BCUT2D eigenvalue weighted by Gasteiger charge is -2.65. The summed E-state index contributed by atoms with van der Waals surface area (Å²) in [7, 11) is 3.96. The molecule has 174 valence electrons. The smallest absolute Gasteiger partial charge is 0.0958 e. The van der Waals surface area contributed by atoms with E-state index in [4.69, 9.17) is 16.3 Å². The predicted octanol–water partition coefficient (Wildman–Crippen LogP) is 3.63. The van der Waals surface area contributed by atoms with Gasteiger partial charge >= 0.3 is 0 Å². The second-order valence-electron chi connectivity index (χ2n) is 11.6. The molecule has 5 aliphatic rings. The van der Waals surface area contributed by atoms with Crippen molar-refractivity contribution in [3.05, 3.63) is 36.2 Å². The van der Waals surface area contributed by atoms with Crippen LogP contribution in [0.2, 0.25) is 0 Å². The van der Waals surface area contributed by atoms with Crippen LogP contribution in [0.4, 0.5) is 0 Å². The van der Waals surface area contributed by atoms with E-state index in [1.807, 2.05) is 37.5 Å². The molecule has 1 aromatic heterocycles. The van der Waals surface area contributed by atoms with Crippen molar-refractivity contribution in [2.24, 2.45) is 17.3 Å². The number of halogens is 1. The average molecular weight is 459 g/mol. The Morgan fingerprint density at radius 2 is 1.94 bits per heavy atom. The number of aliphatic hydroxyl groups is 2. The fourth-order valence-corrected chi connectivity index (χ4v) is 9.06. The fraction of sp³-hybridized carbons (Fsp3) is 0.731. The van der Waals surface area contributed by atoms with Crippen molar-refractivity contribution < 1.29 is 14.9 Å². The standard InChI is InChI=1S/C26H35ClN2O3/c1-23-8-10-25(27)13-18-21(30)22(31)19(29(2)3)14-24(18)9-11-26(25,32-24)20(23)7-6-17(23)16-5-4-12-28-15-16/h4-6,12,15,18-22,30-31H,7-11,13-14H2,1-3H3. The Bertz CT molecular complexity index is 956. The van der Waals surface area contributed by atoms with Crippen molar-refractivity contribution in [3.8, 4) is 0 Å². The van der Waals surface area contributed by atoms with E-state index in [1.54, 1.807) is 0 Å². The topological polar surface area (TPSA) is 65.8 Å². The summed E-state index contributed by atoms with van der Waals surface area (Å²) in [6, 6.07) is 4.07. The molecule has 32 heavy (non-hydrogen) atoms. The van der Waals surface area contributed by atoms with E-state index in [0.717, 1.165) is 44.9 Å². The Hall–Kier alpha value is -0.980. The molecule has 2 saturated carbocycles. The van der Waals surface area contributed by atoms with Crippen molar-refractivity contribution in [1.29, 1.82) is 0 Å². The van der Waals surface area contributed by atoms with Crippen LogP contribution in [0.3, 0.4) is 0 Å². The second-order valence-corrected chi connectivity index (χ2v) is 12.3. The molecule has 2 saturated heterocycles. The van der Waals surface area contributed by atoms with Gasteiger partial charge in [-0.15, -0.1) is 11.6 Å². The molecule has 3 heterocycles. The summed E-state index contributed by atoms with van der Waals surface area (Å²) in [5.41, 5.74) is 1.81. The number of fused-ring (bicyclic) bond motifs is 1. The van der Waals surface area contributed by atoms with Gasteiger partial charge in [0.05, 0.1) is 28.3 Å². The van der Waals surface area contributed by atoms with Crippen molar-refractivity contribution in [3.63, 3.8) is 0 Å². The molecule has 4 fully saturated rings. The molecule has 3 aliphatic carbocycles. The first-order valence-electron chi connectivity index (χ1n) is 12.2. The first-order chi connectivity index (χ1) is 15.2. The number of ether oxygens (including phenoxy) is 1. The molecule has 0 aromatic carbocycles. The Kier molecular flexibility index (Phi) is 4.57. The van der Waals surface area contributed by atoms with E-state index in [2.05, 4.69) is 24.1 Å². The zero-order valence-corrected chi connectivity index (χ0v) is 20.1. The van der Waals surface area contributed by atoms with Gasteiger partial charge in [0.15, 0.2) is 0 Å². The first-order valence-corrected chi connectivity index (χ1v) is 12.6. The van der Waals surface area contributed by atoms with E-state index in [1.165, 1.54) is 11.1 Å². The summed E-state index contributed by atoms with van der Waals surface area (Å²) in [5.74, 6) is 0.205. The number of hydrogen-bond donors (Lipinski definition) is 2. The lowest BCUT2D eigenvalue weighted by atomic mass is 9.52. The van der Waals surface area contributed by atoms with Gasteiger partial charge in [-0.3, -0.25) is 4.98 Å². The molecule has 2 spiro atoms. The minimum Gasteiger partial charge on any atom is -0.390 e. The summed E-state index contributed by atoms with van der Waals surface area (Å²) < 4.78 is 7.27. The lowest BCUT2D eigenvalue weighted by molar-refractivity contribution is -0.276. The van der Waals surface area contributed by atoms with Crippen LogP contribution in [-0.4, -0.2) is 68.5 Å². The molecular formula is C26H35ClN2O3. The molecule has 0 radical (unpaired) electrons. The maximum Gasteiger partial charge on any atom is 0.0958 e. The van der Waals surface area contributed by atoms with Crippen molar-refractivity contribution >= 4 is 17.2 Å². The number of hydrogen-bond acceptors (Lipinski definition) is 5. The van der Waals surface area contributed by atoms with E-state index < -0.39 is 28.3 Å². The van der Waals surface area contributed by atoms with Crippen LogP contribution in [-0.2, 0) is 4.74 Å². The maximum absolute atomic E-state index is 11.2. The summed E-state index contributed by atoms with van der Waals surface area (Å²) >= 11 is 7.55. The predicted molar refractivity (Wildman–Crippen MR) is 124 cm³/mol. The number of allylic oxidation sites excluding steroid dienone is 2. The van der Waals surface area contributed by atoms with Crippen LogP contribution in [0.5, 0.6) is 0 Å². The molecule has 9 atom stereocenters. The summed E-state index contributed by atoms with van der Waals surface area (Å²) in [6.07, 6.45) is 10.8. The minimum atomic E-state index is -0.802. The number of likely N-dealkylation sites (N-methyl/N-ethyl adjacent to an activating group) is 1. The van der Waals surface area contributed by atoms with E-state index >= 15 is 0 Å². The van der Waals surface area contributed by atoms with Crippen LogP contribution in [0.15, 0.2) is 30.6 Å². The van der Waals surface area contributed by atoms with Crippen LogP contribution in [0.25, 0.3) is 5.57 Å². The Morgan fingerprint density at radius 3 is 2.66 bits per heavy atom. The SMILES string of the molecule is CN(C)C1CC23CCC4(O2)C2CC=C(c5cccnc5)C2(C)CCC4(Cl)CC3C(O)C1O. The van der Waals surface area contributed by atoms with Crippen LogP contribution in [0, 0.1) is 17.3 Å². The second kappa shape index (κ2) is 6.79. The molecule has 6 heteroatoms. The largest absolute Gasteiger partial charge is 0.390 e. The molecular weight excluding hydrogens is 424 g/mol. The van der Waals surface area contributed by atoms with E-state index in [9.17, 15) is 10.2 Å². The third-order valence-electron chi connectivity index (χ3n) is 10.2. The Balaban J connectivity index is 1.40. The number of alkyl halides is 1. The van der Waals surface area contributed by atoms with Gasteiger partial charge < -0.3 is 19.8 Å². The quantitative estimate of drug-likeness (QED) is 0.662. The number of rotatable bonds is 2. The van der Waals surface area contributed by atoms with Gasteiger partial charge in [-0.1, -0.05) is 19.1 Å². The van der Waals surface area contributed by atoms with Gasteiger partial charge in [-0.2, -0.15) is 0 Å². The highest BCUT2D eigenvalue weighted by Gasteiger charge is 2.76. The zero-order chi connectivity index (χ0) is 22.5. The number of aromatic nitrogens is 1.